The van der Waals surface area contributed by atoms with Crippen molar-refractivity contribution in [2.24, 2.45) is 0 Å². The average Bonchev–Trinajstić information content (AvgIpc) is 3.06. The third kappa shape index (κ3) is 3.61. The van der Waals surface area contributed by atoms with Crippen molar-refractivity contribution in [1.29, 1.82) is 0 Å². The van der Waals surface area contributed by atoms with E-state index in [1.165, 1.54) is 26.4 Å². The molecular weight excluding hydrogens is 304 g/mol. The van der Waals surface area contributed by atoms with Crippen LogP contribution in [0.2, 0.25) is 0 Å². The topological polar surface area (TPSA) is 53.4 Å². The summed E-state index contributed by atoms with van der Waals surface area (Å²) in [5.41, 5.74) is 3.01. The zero-order valence-electron chi connectivity index (χ0n) is 14.3. The Morgan fingerprint density at radius 1 is 1.21 bits per heavy atom. The van der Waals surface area contributed by atoms with Gasteiger partial charge in [-0.15, -0.1) is 0 Å². The van der Waals surface area contributed by atoms with Crippen LogP contribution in [0.15, 0.2) is 30.3 Å². The van der Waals surface area contributed by atoms with Crippen LogP contribution in [-0.4, -0.2) is 30.0 Å². The van der Waals surface area contributed by atoms with E-state index in [2.05, 4.69) is 11.2 Å². The Labute approximate surface area is 142 Å². The number of aromatic nitrogens is 2. The minimum atomic E-state index is -0.271. The summed E-state index contributed by atoms with van der Waals surface area (Å²) in [5.74, 6) is 0.997. The van der Waals surface area contributed by atoms with E-state index in [0.29, 0.717) is 5.92 Å². The smallest absolute Gasteiger partial charge is 0.327 e. The molecule has 5 heteroatoms. The number of hydrogen-bond acceptors (Lipinski definition) is 4. The molecule has 2 aromatic rings. The summed E-state index contributed by atoms with van der Waals surface area (Å²) < 4.78 is 11.9. The largest absolute Gasteiger partial charge is 0.497 e. The highest BCUT2D eigenvalue weighted by Gasteiger charge is 2.22. The van der Waals surface area contributed by atoms with Crippen molar-refractivity contribution in [3.8, 4) is 17.0 Å². The van der Waals surface area contributed by atoms with Gasteiger partial charge in [-0.25, -0.2) is 0 Å². The van der Waals surface area contributed by atoms with Crippen molar-refractivity contribution in [1.82, 2.24) is 9.78 Å². The second kappa shape index (κ2) is 7.51. The van der Waals surface area contributed by atoms with Crippen LogP contribution in [-0.2, 0) is 16.1 Å². The normalized spacial score (nSPS) is 15.2. The van der Waals surface area contributed by atoms with E-state index in [1.54, 1.807) is 7.11 Å². The van der Waals surface area contributed by atoms with E-state index >= 15 is 0 Å². The van der Waals surface area contributed by atoms with Gasteiger partial charge in [-0.3, -0.25) is 9.48 Å². The van der Waals surface area contributed by atoms with E-state index < -0.39 is 0 Å². The van der Waals surface area contributed by atoms with Crippen LogP contribution < -0.4 is 4.74 Å². The number of carbonyl (C=O) groups excluding carboxylic acids is 1. The molecule has 0 radical (unpaired) electrons. The molecule has 0 saturated heterocycles. The van der Waals surface area contributed by atoms with Crippen LogP contribution in [0.5, 0.6) is 5.75 Å². The Morgan fingerprint density at radius 2 is 2.00 bits per heavy atom. The Hall–Kier alpha value is -2.30. The van der Waals surface area contributed by atoms with E-state index in [0.717, 1.165) is 35.5 Å². The van der Waals surface area contributed by atoms with Gasteiger partial charge >= 0.3 is 5.97 Å². The molecule has 1 aromatic heterocycles. The second-order valence-corrected chi connectivity index (χ2v) is 6.26. The van der Waals surface area contributed by atoms with Gasteiger partial charge in [0.25, 0.3) is 0 Å². The standard InChI is InChI=1S/C19H24N2O3/c1-23-16-10-6-9-15(11-16)17-12-18(14-7-4-3-5-8-14)21(20-17)13-19(22)24-2/h6,9-12,14H,3-5,7-8,13H2,1-2H3. The summed E-state index contributed by atoms with van der Waals surface area (Å²) in [5, 5.41) is 4.68. The van der Waals surface area contributed by atoms with Crippen LogP contribution in [0.1, 0.15) is 43.7 Å². The first-order valence-corrected chi connectivity index (χ1v) is 8.50. The summed E-state index contributed by atoms with van der Waals surface area (Å²) in [4.78, 5) is 11.8. The highest BCUT2D eigenvalue weighted by molar-refractivity contribution is 5.69. The fraction of sp³-hybridized carbons (Fsp3) is 0.474. The van der Waals surface area contributed by atoms with E-state index in [9.17, 15) is 4.79 Å². The summed E-state index contributed by atoms with van der Waals surface area (Å²) in [7, 11) is 3.07. The maximum absolute atomic E-state index is 11.8. The summed E-state index contributed by atoms with van der Waals surface area (Å²) in [6.07, 6.45) is 6.09. The number of methoxy groups -OCH3 is 2. The van der Waals surface area contributed by atoms with E-state index in [1.807, 2.05) is 28.9 Å². The summed E-state index contributed by atoms with van der Waals surface area (Å²) >= 11 is 0. The molecular formula is C19H24N2O3. The van der Waals surface area contributed by atoms with Gasteiger partial charge in [-0.05, 0) is 31.0 Å². The first kappa shape index (κ1) is 16.6. The lowest BCUT2D eigenvalue weighted by molar-refractivity contribution is -0.141. The van der Waals surface area contributed by atoms with Crippen molar-refractivity contribution >= 4 is 5.97 Å². The number of hydrogen-bond donors (Lipinski definition) is 0. The lowest BCUT2D eigenvalue weighted by Crippen LogP contribution is -2.18. The van der Waals surface area contributed by atoms with E-state index in [-0.39, 0.29) is 12.5 Å². The van der Waals surface area contributed by atoms with Crippen LogP contribution in [0.4, 0.5) is 0 Å². The molecule has 0 unspecified atom stereocenters. The molecule has 1 fully saturated rings. The predicted octanol–water partition coefficient (Wildman–Crippen LogP) is 3.78. The molecule has 1 aliphatic carbocycles. The van der Waals surface area contributed by atoms with Gasteiger partial charge in [0.15, 0.2) is 0 Å². The van der Waals surface area contributed by atoms with Crippen LogP contribution >= 0.6 is 0 Å². The maximum atomic E-state index is 11.8. The second-order valence-electron chi connectivity index (χ2n) is 6.26. The fourth-order valence-corrected chi connectivity index (χ4v) is 3.40. The molecule has 1 aliphatic rings. The molecule has 0 bridgehead atoms. The minimum Gasteiger partial charge on any atom is -0.497 e. The molecule has 0 amide bonds. The van der Waals surface area contributed by atoms with Gasteiger partial charge in [-0.2, -0.15) is 5.10 Å². The third-order valence-electron chi connectivity index (χ3n) is 4.71. The number of ether oxygens (including phenoxy) is 2. The van der Waals surface area contributed by atoms with Crippen LogP contribution in [0.3, 0.4) is 0 Å². The van der Waals surface area contributed by atoms with Crippen molar-refractivity contribution in [2.45, 2.75) is 44.6 Å². The van der Waals surface area contributed by atoms with Gasteiger partial charge in [0.1, 0.15) is 12.3 Å². The van der Waals surface area contributed by atoms with E-state index in [4.69, 9.17) is 9.47 Å². The quantitative estimate of drug-likeness (QED) is 0.784. The molecule has 0 N–H and O–H groups in total. The lowest BCUT2D eigenvalue weighted by atomic mass is 9.86. The first-order chi connectivity index (χ1) is 11.7. The number of carbonyl (C=O) groups is 1. The van der Waals surface area contributed by atoms with Crippen molar-refractivity contribution in [3.05, 3.63) is 36.0 Å². The molecule has 3 rings (SSSR count). The summed E-state index contributed by atoms with van der Waals surface area (Å²) in [6, 6.07) is 9.96. The Kier molecular flexibility index (Phi) is 5.18. The molecule has 5 nitrogen and oxygen atoms in total. The fourth-order valence-electron chi connectivity index (χ4n) is 3.40. The van der Waals surface area contributed by atoms with Crippen LogP contribution in [0, 0.1) is 0 Å². The zero-order valence-corrected chi connectivity index (χ0v) is 14.3. The number of nitrogens with zero attached hydrogens (tertiary/aromatic N) is 2. The molecule has 0 aliphatic heterocycles. The predicted molar refractivity (Wildman–Crippen MR) is 92.1 cm³/mol. The summed E-state index contributed by atoms with van der Waals surface area (Å²) in [6.45, 7) is 0.159. The molecule has 128 valence electrons. The van der Waals surface area contributed by atoms with Gasteiger partial charge in [0, 0.05) is 17.2 Å². The minimum absolute atomic E-state index is 0.159. The number of benzene rings is 1. The van der Waals surface area contributed by atoms with Gasteiger partial charge in [-0.1, -0.05) is 31.4 Å². The van der Waals surface area contributed by atoms with Crippen LogP contribution in [0.25, 0.3) is 11.3 Å². The highest BCUT2D eigenvalue weighted by atomic mass is 16.5. The molecule has 1 aromatic carbocycles. The van der Waals surface area contributed by atoms with Crippen molar-refractivity contribution in [3.63, 3.8) is 0 Å². The molecule has 1 heterocycles. The van der Waals surface area contributed by atoms with Crippen molar-refractivity contribution in [2.75, 3.05) is 14.2 Å². The SMILES string of the molecule is COC(=O)Cn1nc(-c2cccc(OC)c2)cc1C1CCCCC1. The van der Waals surface area contributed by atoms with Crippen molar-refractivity contribution < 1.29 is 14.3 Å². The highest BCUT2D eigenvalue weighted by Crippen LogP contribution is 2.35. The third-order valence-corrected chi connectivity index (χ3v) is 4.71. The average molecular weight is 328 g/mol. The molecule has 1 saturated carbocycles. The number of esters is 1. The van der Waals surface area contributed by atoms with Gasteiger partial charge < -0.3 is 9.47 Å². The Morgan fingerprint density at radius 3 is 2.71 bits per heavy atom. The Bertz CT molecular complexity index is 702. The maximum Gasteiger partial charge on any atom is 0.327 e. The molecule has 0 atom stereocenters. The van der Waals surface area contributed by atoms with Gasteiger partial charge in [0.2, 0.25) is 0 Å². The lowest BCUT2D eigenvalue weighted by Gasteiger charge is -2.22. The number of rotatable bonds is 5. The molecule has 24 heavy (non-hydrogen) atoms. The van der Waals surface area contributed by atoms with Gasteiger partial charge in [0.05, 0.1) is 19.9 Å². The first-order valence-electron chi connectivity index (χ1n) is 8.50. The molecule has 0 spiro atoms. The zero-order chi connectivity index (χ0) is 16.9. The monoisotopic (exact) mass is 328 g/mol. The Balaban J connectivity index is 1.96.